The van der Waals surface area contributed by atoms with Crippen LogP contribution in [0.2, 0.25) is 0 Å². The van der Waals surface area contributed by atoms with Crippen molar-refractivity contribution in [3.05, 3.63) is 29.3 Å². The molecular weight excluding hydrogens is 232 g/mol. The van der Waals surface area contributed by atoms with Crippen LogP contribution < -0.4 is 10.6 Å². The summed E-state index contributed by atoms with van der Waals surface area (Å²) in [4.78, 5) is 24.7. The van der Waals surface area contributed by atoms with E-state index in [0.717, 1.165) is 12.0 Å². The Kier molecular flexibility index (Phi) is 2.86. The van der Waals surface area contributed by atoms with E-state index >= 15 is 0 Å². The van der Waals surface area contributed by atoms with Gasteiger partial charge < -0.3 is 15.7 Å². The van der Waals surface area contributed by atoms with Gasteiger partial charge in [0.25, 0.3) is 0 Å². The first-order valence-corrected chi connectivity index (χ1v) is 5.78. The fourth-order valence-corrected chi connectivity index (χ4v) is 2.07. The molecule has 5 nitrogen and oxygen atoms in total. The lowest BCUT2D eigenvalue weighted by Gasteiger charge is -2.26. The molecule has 1 heterocycles. The van der Waals surface area contributed by atoms with E-state index in [2.05, 4.69) is 0 Å². The predicted molar refractivity (Wildman–Crippen MR) is 67.7 cm³/mol. The summed E-state index contributed by atoms with van der Waals surface area (Å²) in [5.41, 5.74) is 6.68. The van der Waals surface area contributed by atoms with E-state index in [-0.39, 0.29) is 11.5 Å². The van der Waals surface area contributed by atoms with Crippen molar-refractivity contribution in [2.45, 2.75) is 25.8 Å². The lowest BCUT2D eigenvalue weighted by molar-refractivity contribution is -0.122. The van der Waals surface area contributed by atoms with Crippen LogP contribution in [0.5, 0.6) is 0 Å². The van der Waals surface area contributed by atoms with Gasteiger partial charge in [0.2, 0.25) is 5.91 Å². The van der Waals surface area contributed by atoms with Crippen molar-refractivity contribution < 1.29 is 14.7 Å². The molecule has 1 aliphatic rings. The first-order valence-electron chi connectivity index (χ1n) is 5.78. The van der Waals surface area contributed by atoms with Crippen molar-refractivity contribution in [1.29, 1.82) is 0 Å². The predicted octanol–water partition coefficient (Wildman–Crippen LogP) is 1.01. The second-order valence-corrected chi connectivity index (χ2v) is 5.08. The topological polar surface area (TPSA) is 83.6 Å². The SMILES string of the molecule is CC(C)(N)C(=O)N1CCc2ccc(C(=O)O)cc21. The maximum atomic E-state index is 12.2. The van der Waals surface area contributed by atoms with Gasteiger partial charge in [-0.3, -0.25) is 4.79 Å². The zero-order chi connectivity index (χ0) is 13.5. The standard InChI is InChI=1S/C13H16N2O3/c1-13(2,14)12(18)15-6-5-8-3-4-9(11(16)17)7-10(8)15/h3-4,7H,5-6,14H2,1-2H3,(H,16,17). The highest BCUT2D eigenvalue weighted by atomic mass is 16.4. The number of carboxylic acid groups (broad SMARTS) is 1. The molecule has 1 aromatic rings. The molecule has 3 N–H and O–H groups in total. The second-order valence-electron chi connectivity index (χ2n) is 5.08. The number of nitrogens with two attached hydrogens (primary N) is 1. The highest BCUT2D eigenvalue weighted by Crippen LogP contribution is 2.30. The van der Waals surface area contributed by atoms with Crippen LogP contribution in [0.15, 0.2) is 18.2 Å². The summed E-state index contributed by atoms with van der Waals surface area (Å²) in [6.45, 7) is 3.85. The molecular formula is C13H16N2O3. The number of fused-ring (bicyclic) bond motifs is 1. The van der Waals surface area contributed by atoms with Crippen LogP contribution in [0, 0.1) is 0 Å². The molecule has 0 fully saturated rings. The second kappa shape index (κ2) is 4.10. The fourth-order valence-electron chi connectivity index (χ4n) is 2.07. The number of carbonyl (C=O) groups excluding carboxylic acids is 1. The number of carbonyl (C=O) groups is 2. The first kappa shape index (κ1) is 12.6. The molecule has 0 aliphatic carbocycles. The van der Waals surface area contributed by atoms with Crippen LogP contribution in [0.4, 0.5) is 5.69 Å². The van der Waals surface area contributed by atoms with Crippen LogP contribution in [0.3, 0.4) is 0 Å². The van der Waals surface area contributed by atoms with Crippen LogP contribution in [-0.2, 0) is 11.2 Å². The molecule has 1 aromatic carbocycles. The Balaban J connectivity index is 2.40. The van der Waals surface area contributed by atoms with E-state index in [1.54, 1.807) is 30.9 Å². The lowest BCUT2D eigenvalue weighted by Crippen LogP contribution is -2.50. The zero-order valence-corrected chi connectivity index (χ0v) is 10.4. The summed E-state index contributed by atoms with van der Waals surface area (Å²) >= 11 is 0. The number of amides is 1. The highest BCUT2D eigenvalue weighted by Gasteiger charge is 2.33. The quantitative estimate of drug-likeness (QED) is 0.818. The number of hydrogen-bond acceptors (Lipinski definition) is 3. The Morgan fingerprint density at radius 2 is 2.06 bits per heavy atom. The van der Waals surface area contributed by atoms with E-state index in [1.165, 1.54) is 6.07 Å². The zero-order valence-electron chi connectivity index (χ0n) is 10.4. The number of anilines is 1. The van der Waals surface area contributed by atoms with Gasteiger partial charge in [0.15, 0.2) is 0 Å². The van der Waals surface area contributed by atoms with E-state index < -0.39 is 11.5 Å². The van der Waals surface area contributed by atoms with Crippen LogP contribution in [0.25, 0.3) is 0 Å². The molecule has 0 spiro atoms. The van der Waals surface area contributed by atoms with E-state index in [0.29, 0.717) is 12.2 Å². The van der Waals surface area contributed by atoms with Gasteiger partial charge in [-0.15, -0.1) is 0 Å². The largest absolute Gasteiger partial charge is 0.478 e. The average Bonchev–Trinajstić information content (AvgIpc) is 2.68. The number of rotatable bonds is 2. The number of aromatic carboxylic acids is 1. The molecule has 0 radical (unpaired) electrons. The summed E-state index contributed by atoms with van der Waals surface area (Å²) in [6, 6.07) is 4.85. The molecule has 0 atom stereocenters. The number of nitrogens with zero attached hydrogens (tertiary/aromatic N) is 1. The summed E-state index contributed by atoms with van der Waals surface area (Å²) in [5, 5.41) is 8.97. The Bertz CT molecular complexity index is 517. The van der Waals surface area contributed by atoms with Crippen molar-refractivity contribution in [3.63, 3.8) is 0 Å². The van der Waals surface area contributed by atoms with E-state index in [9.17, 15) is 9.59 Å². The highest BCUT2D eigenvalue weighted by molar-refractivity contribution is 6.02. The maximum Gasteiger partial charge on any atom is 0.335 e. The normalized spacial score (nSPS) is 14.5. The van der Waals surface area contributed by atoms with Gasteiger partial charge in [0.1, 0.15) is 0 Å². The Labute approximate surface area is 105 Å². The first-order chi connectivity index (χ1) is 8.30. The van der Waals surface area contributed by atoms with Crippen LogP contribution >= 0.6 is 0 Å². The number of hydrogen-bond donors (Lipinski definition) is 2. The van der Waals surface area contributed by atoms with Crippen molar-refractivity contribution in [3.8, 4) is 0 Å². The molecule has 0 saturated carbocycles. The third-order valence-corrected chi connectivity index (χ3v) is 3.02. The molecule has 1 amide bonds. The fraction of sp³-hybridized carbons (Fsp3) is 0.385. The number of carboxylic acids is 1. The summed E-state index contributed by atoms with van der Waals surface area (Å²) in [7, 11) is 0. The minimum absolute atomic E-state index is 0.184. The summed E-state index contributed by atoms with van der Waals surface area (Å²) in [6.07, 6.45) is 0.733. The monoisotopic (exact) mass is 248 g/mol. The smallest absolute Gasteiger partial charge is 0.335 e. The maximum absolute atomic E-state index is 12.2. The van der Waals surface area contributed by atoms with Gasteiger partial charge in [0, 0.05) is 12.2 Å². The summed E-state index contributed by atoms with van der Waals surface area (Å²) in [5.74, 6) is -1.19. The van der Waals surface area contributed by atoms with Crippen LogP contribution in [-0.4, -0.2) is 29.1 Å². The Morgan fingerprint density at radius 3 is 2.61 bits per heavy atom. The Hall–Kier alpha value is -1.88. The molecule has 0 unspecified atom stereocenters. The third kappa shape index (κ3) is 2.09. The van der Waals surface area contributed by atoms with Crippen molar-refractivity contribution >= 4 is 17.6 Å². The third-order valence-electron chi connectivity index (χ3n) is 3.02. The van der Waals surface area contributed by atoms with E-state index in [4.69, 9.17) is 10.8 Å². The molecule has 1 aliphatic heterocycles. The minimum Gasteiger partial charge on any atom is -0.478 e. The van der Waals surface area contributed by atoms with Crippen molar-refractivity contribution in [2.75, 3.05) is 11.4 Å². The van der Waals surface area contributed by atoms with Gasteiger partial charge in [-0.05, 0) is 38.0 Å². The summed E-state index contributed by atoms with van der Waals surface area (Å²) < 4.78 is 0. The van der Waals surface area contributed by atoms with Gasteiger partial charge >= 0.3 is 5.97 Å². The molecule has 18 heavy (non-hydrogen) atoms. The Morgan fingerprint density at radius 1 is 1.39 bits per heavy atom. The molecule has 0 aromatic heterocycles. The van der Waals surface area contributed by atoms with Crippen molar-refractivity contribution in [2.24, 2.45) is 5.73 Å². The average molecular weight is 248 g/mol. The molecule has 0 bridgehead atoms. The van der Waals surface area contributed by atoms with E-state index in [1.807, 2.05) is 0 Å². The molecule has 5 heteroatoms. The molecule has 0 saturated heterocycles. The van der Waals surface area contributed by atoms with Gasteiger partial charge in [-0.1, -0.05) is 6.07 Å². The van der Waals surface area contributed by atoms with Crippen molar-refractivity contribution in [1.82, 2.24) is 0 Å². The molecule has 2 rings (SSSR count). The van der Waals surface area contributed by atoms with Gasteiger partial charge in [0.05, 0.1) is 11.1 Å². The minimum atomic E-state index is -0.996. The van der Waals surface area contributed by atoms with Gasteiger partial charge in [-0.25, -0.2) is 4.79 Å². The van der Waals surface area contributed by atoms with Gasteiger partial charge in [-0.2, -0.15) is 0 Å². The number of benzene rings is 1. The molecule has 96 valence electrons. The van der Waals surface area contributed by atoms with Crippen LogP contribution in [0.1, 0.15) is 29.8 Å². The lowest BCUT2D eigenvalue weighted by atomic mass is 10.0.